The second-order valence-electron chi connectivity index (χ2n) is 7.42. The van der Waals surface area contributed by atoms with Crippen LogP contribution in [-0.2, 0) is 18.2 Å². The molecule has 1 aliphatic rings. The fourth-order valence-electron chi connectivity index (χ4n) is 3.38. The third kappa shape index (κ3) is 6.07. The number of rotatable bonds is 8. The Morgan fingerprint density at radius 2 is 2.05 bits per heavy atom. The van der Waals surface area contributed by atoms with Gasteiger partial charge in [0, 0.05) is 39.4 Å². The SMILES string of the molecule is CN(CCCc1cnn(C)c1)CC(C)(C)CN1CCOCC1. The molecule has 0 aromatic carbocycles. The molecule has 0 aliphatic carbocycles. The van der Waals surface area contributed by atoms with Crippen molar-refractivity contribution in [3.05, 3.63) is 18.0 Å². The standard InChI is InChI=1S/C17H32N4O/c1-17(2,15-21-8-10-22-11-9-21)14-19(3)7-5-6-16-12-18-20(4)13-16/h12-13H,5-11,14-15H2,1-4H3. The van der Waals surface area contributed by atoms with Gasteiger partial charge in [0.1, 0.15) is 0 Å². The summed E-state index contributed by atoms with van der Waals surface area (Å²) in [6.45, 7) is 12.1. The van der Waals surface area contributed by atoms with Gasteiger partial charge in [-0.25, -0.2) is 0 Å². The van der Waals surface area contributed by atoms with Crippen molar-refractivity contribution in [2.75, 3.05) is 53.0 Å². The van der Waals surface area contributed by atoms with Crippen molar-refractivity contribution in [2.45, 2.75) is 26.7 Å². The average molecular weight is 308 g/mol. The van der Waals surface area contributed by atoms with E-state index in [0.717, 1.165) is 52.4 Å². The van der Waals surface area contributed by atoms with Gasteiger partial charge in [0.2, 0.25) is 0 Å². The summed E-state index contributed by atoms with van der Waals surface area (Å²) in [5.41, 5.74) is 1.66. The molecule has 5 nitrogen and oxygen atoms in total. The minimum Gasteiger partial charge on any atom is -0.379 e. The Morgan fingerprint density at radius 1 is 1.32 bits per heavy atom. The molecule has 22 heavy (non-hydrogen) atoms. The molecule has 0 bridgehead atoms. The summed E-state index contributed by atoms with van der Waals surface area (Å²) in [6, 6.07) is 0. The molecule has 0 N–H and O–H groups in total. The van der Waals surface area contributed by atoms with Gasteiger partial charge in [0.05, 0.1) is 19.4 Å². The first-order chi connectivity index (χ1) is 10.4. The lowest BCUT2D eigenvalue weighted by molar-refractivity contribution is 0.0164. The summed E-state index contributed by atoms with van der Waals surface area (Å²) in [4.78, 5) is 5.00. The van der Waals surface area contributed by atoms with Crippen LogP contribution in [0.15, 0.2) is 12.4 Å². The number of hydrogen-bond donors (Lipinski definition) is 0. The van der Waals surface area contributed by atoms with Gasteiger partial charge in [-0.1, -0.05) is 13.8 Å². The van der Waals surface area contributed by atoms with E-state index in [2.05, 4.69) is 42.0 Å². The zero-order valence-corrected chi connectivity index (χ0v) is 14.7. The molecule has 1 aromatic heterocycles. The molecule has 0 unspecified atom stereocenters. The van der Waals surface area contributed by atoms with Gasteiger partial charge in [-0.2, -0.15) is 5.10 Å². The first-order valence-corrected chi connectivity index (χ1v) is 8.41. The summed E-state index contributed by atoms with van der Waals surface area (Å²) in [6.07, 6.45) is 6.39. The van der Waals surface area contributed by atoms with E-state index in [1.807, 2.05) is 17.9 Å². The molecule has 5 heteroatoms. The van der Waals surface area contributed by atoms with Gasteiger partial charge in [-0.3, -0.25) is 9.58 Å². The summed E-state index contributed by atoms with van der Waals surface area (Å²) < 4.78 is 7.31. The van der Waals surface area contributed by atoms with Crippen molar-refractivity contribution in [2.24, 2.45) is 12.5 Å². The van der Waals surface area contributed by atoms with Gasteiger partial charge in [-0.15, -0.1) is 0 Å². The number of hydrogen-bond acceptors (Lipinski definition) is 4. The van der Waals surface area contributed by atoms with E-state index in [0.29, 0.717) is 5.41 Å². The Balaban J connectivity index is 1.66. The molecule has 2 rings (SSSR count). The molecule has 1 aliphatic heterocycles. The molecule has 0 atom stereocenters. The molecule has 0 saturated carbocycles. The number of nitrogens with zero attached hydrogens (tertiary/aromatic N) is 4. The second-order valence-corrected chi connectivity index (χ2v) is 7.42. The van der Waals surface area contributed by atoms with Crippen LogP contribution in [0.5, 0.6) is 0 Å². The number of aryl methyl sites for hydroxylation is 2. The normalized spacial score (nSPS) is 17.3. The zero-order chi connectivity index (χ0) is 16.0. The monoisotopic (exact) mass is 308 g/mol. The quantitative estimate of drug-likeness (QED) is 0.731. The van der Waals surface area contributed by atoms with Crippen molar-refractivity contribution >= 4 is 0 Å². The highest BCUT2D eigenvalue weighted by atomic mass is 16.5. The highest BCUT2D eigenvalue weighted by Crippen LogP contribution is 2.19. The Labute approximate surface area is 135 Å². The van der Waals surface area contributed by atoms with E-state index in [9.17, 15) is 0 Å². The van der Waals surface area contributed by atoms with Crippen LogP contribution in [0.1, 0.15) is 25.8 Å². The summed E-state index contributed by atoms with van der Waals surface area (Å²) in [5, 5.41) is 4.23. The zero-order valence-electron chi connectivity index (χ0n) is 14.7. The molecule has 0 radical (unpaired) electrons. The Morgan fingerprint density at radius 3 is 2.68 bits per heavy atom. The van der Waals surface area contributed by atoms with E-state index in [4.69, 9.17) is 4.74 Å². The smallest absolute Gasteiger partial charge is 0.0594 e. The lowest BCUT2D eigenvalue weighted by Crippen LogP contribution is -2.45. The Hall–Kier alpha value is -0.910. The largest absolute Gasteiger partial charge is 0.379 e. The first-order valence-electron chi connectivity index (χ1n) is 8.41. The predicted octanol–water partition coefficient (Wildman–Crippen LogP) is 1.64. The molecule has 2 heterocycles. The molecule has 1 aromatic rings. The minimum atomic E-state index is 0.320. The second kappa shape index (κ2) is 8.09. The highest BCUT2D eigenvalue weighted by molar-refractivity contribution is 5.03. The third-order valence-electron chi connectivity index (χ3n) is 4.22. The van der Waals surface area contributed by atoms with Crippen molar-refractivity contribution < 1.29 is 4.74 Å². The Bertz CT molecular complexity index is 438. The van der Waals surface area contributed by atoms with Crippen molar-refractivity contribution in [3.63, 3.8) is 0 Å². The minimum absolute atomic E-state index is 0.320. The average Bonchev–Trinajstić information content (AvgIpc) is 2.84. The maximum Gasteiger partial charge on any atom is 0.0594 e. The van der Waals surface area contributed by atoms with E-state index in [1.54, 1.807) is 0 Å². The van der Waals surface area contributed by atoms with E-state index < -0.39 is 0 Å². The van der Waals surface area contributed by atoms with Crippen molar-refractivity contribution in [1.29, 1.82) is 0 Å². The fraction of sp³-hybridized carbons (Fsp3) is 0.824. The van der Waals surface area contributed by atoms with Gasteiger partial charge in [0.25, 0.3) is 0 Å². The topological polar surface area (TPSA) is 33.5 Å². The first kappa shape index (κ1) is 17.4. The van der Waals surface area contributed by atoms with Crippen LogP contribution >= 0.6 is 0 Å². The van der Waals surface area contributed by atoms with Crippen LogP contribution in [0.25, 0.3) is 0 Å². The lowest BCUT2D eigenvalue weighted by atomic mass is 9.91. The molecular formula is C17H32N4O. The maximum absolute atomic E-state index is 5.43. The third-order valence-corrected chi connectivity index (χ3v) is 4.22. The van der Waals surface area contributed by atoms with Crippen LogP contribution in [-0.4, -0.2) is 72.6 Å². The maximum atomic E-state index is 5.43. The van der Waals surface area contributed by atoms with Gasteiger partial charge >= 0.3 is 0 Å². The van der Waals surface area contributed by atoms with E-state index in [-0.39, 0.29) is 0 Å². The predicted molar refractivity (Wildman–Crippen MR) is 90.1 cm³/mol. The van der Waals surface area contributed by atoms with Crippen LogP contribution in [0.3, 0.4) is 0 Å². The molecule has 1 saturated heterocycles. The van der Waals surface area contributed by atoms with Crippen LogP contribution in [0.4, 0.5) is 0 Å². The molecule has 0 spiro atoms. The summed E-state index contributed by atoms with van der Waals surface area (Å²) in [7, 11) is 4.22. The fourth-order valence-corrected chi connectivity index (χ4v) is 3.38. The Kier molecular flexibility index (Phi) is 6.41. The molecular weight excluding hydrogens is 276 g/mol. The highest BCUT2D eigenvalue weighted by Gasteiger charge is 2.24. The van der Waals surface area contributed by atoms with Gasteiger partial charge < -0.3 is 9.64 Å². The van der Waals surface area contributed by atoms with Crippen molar-refractivity contribution in [1.82, 2.24) is 19.6 Å². The van der Waals surface area contributed by atoms with Crippen LogP contribution < -0.4 is 0 Å². The van der Waals surface area contributed by atoms with Crippen LogP contribution in [0.2, 0.25) is 0 Å². The lowest BCUT2D eigenvalue weighted by Gasteiger charge is -2.37. The molecule has 0 amide bonds. The van der Waals surface area contributed by atoms with E-state index >= 15 is 0 Å². The van der Waals surface area contributed by atoms with Crippen molar-refractivity contribution in [3.8, 4) is 0 Å². The molecule has 126 valence electrons. The molecule has 1 fully saturated rings. The summed E-state index contributed by atoms with van der Waals surface area (Å²) >= 11 is 0. The number of aromatic nitrogens is 2. The van der Waals surface area contributed by atoms with Gasteiger partial charge in [-0.05, 0) is 37.4 Å². The number of ether oxygens (including phenoxy) is 1. The summed E-state index contributed by atoms with van der Waals surface area (Å²) in [5.74, 6) is 0. The van der Waals surface area contributed by atoms with Gasteiger partial charge in [0.15, 0.2) is 0 Å². The number of morpholine rings is 1. The van der Waals surface area contributed by atoms with Crippen LogP contribution in [0, 0.1) is 5.41 Å². The van der Waals surface area contributed by atoms with E-state index in [1.165, 1.54) is 12.0 Å².